The van der Waals surface area contributed by atoms with Gasteiger partial charge in [0.25, 0.3) is 5.91 Å². The fraction of sp³-hybridized carbons (Fsp3) is 0.462. The van der Waals surface area contributed by atoms with Crippen molar-refractivity contribution in [2.24, 2.45) is 5.73 Å². The Morgan fingerprint density at radius 1 is 1.52 bits per heavy atom. The van der Waals surface area contributed by atoms with E-state index in [1.807, 2.05) is 18.9 Å². The van der Waals surface area contributed by atoms with E-state index < -0.39 is 5.91 Å². The quantitative estimate of drug-likeness (QED) is 0.864. The smallest absolute Gasteiger partial charge is 0.277 e. The summed E-state index contributed by atoms with van der Waals surface area (Å²) in [5.74, 6) is -0.178. The molecule has 7 nitrogen and oxygen atoms in total. The first-order valence-electron chi connectivity index (χ1n) is 6.35. The molecule has 2 N–H and O–H groups in total. The molecule has 8 heteroatoms. The summed E-state index contributed by atoms with van der Waals surface area (Å²) in [4.78, 5) is 21.8. The zero-order valence-corrected chi connectivity index (χ0v) is 13.2. The number of likely N-dealkylation sites (N-methyl/N-ethyl adjacent to an activating group) is 1. The van der Waals surface area contributed by atoms with Crippen molar-refractivity contribution in [3.63, 3.8) is 0 Å². The normalized spacial score (nSPS) is 12.4. The summed E-state index contributed by atoms with van der Waals surface area (Å²) in [7, 11) is 5.11. The number of anilines is 1. The average Bonchev–Trinajstić information content (AvgIpc) is 2.91. The van der Waals surface area contributed by atoms with Crippen LogP contribution in [-0.2, 0) is 4.74 Å². The first-order chi connectivity index (χ1) is 9.97. The Hall–Kier alpha value is -1.93. The van der Waals surface area contributed by atoms with Gasteiger partial charge in [0, 0.05) is 20.7 Å². The van der Waals surface area contributed by atoms with Crippen LogP contribution in [0.15, 0.2) is 6.20 Å². The van der Waals surface area contributed by atoms with Crippen molar-refractivity contribution in [2.45, 2.75) is 13.0 Å². The highest BCUT2D eigenvalue weighted by atomic mass is 32.1. The van der Waals surface area contributed by atoms with Crippen LogP contribution in [0.4, 0.5) is 5.69 Å². The maximum absolute atomic E-state index is 11.4. The van der Waals surface area contributed by atoms with Crippen molar-refractivity contribution in [1.82, 2.24) is 9.97 Å². The number of primary amides is 1. The molecule has 0 aliphatic heterocycles. The number of aromatic nitrogens is 2. The summed E-state index contributed by atoms with van der Waals surface area (Å²) in [5, 5.41) is 0.241. The van der Waals surface area contributed by atoms with Crippen molar-refractivity contribution in [3.8, 4) is 5.88 Å². The number of carbonyl (C=O) groups is 1. The second-order valence-corrected chi connectivity index (χ2v) is 5.64. The highest BCUT2D eigenvalue weighted by Gasteiger charge is 2.19. The summed E-state index contributed by atoms with van der Waals surface area (Å²) < 4.78 is 11.3. The standard InChI is InChI=1S/C13H18N4O3S/c1-7(19-3)6-17(2)8-5-15-12(20-4)9-10(8)21-13(16-9)11(14)18/h5,7H,6H2,1-4H3,(H2,14,18). The number of methoxy groups -OCH3 is 2. The largest absolute Gasteiger partial charge is 0.479 e. The van der Waals surface area contributed by atoms with Gasteiger partial charge in [-0.2, -0.15) is 0 Å². The molecule has 0 fully saturated rings. The monoisotopic (exact) mass is 310 g/mol. The number of carbonyl (C=O) groups excluding carboxylic acids is 1. The van der Waals surface area contributed by atoms with Gasteiger partial charge in [-0.05, 0) is 6.92 Å². The second-order valence-electron chi connectivity index (χ2n) is 4.64. The molecule has 0 bridgehead atoms. The highest BCUT2D eigenvalue weighted by Crippen LogP contribution is 2.35. The molecule has 2 aromatic heterocycles. The van der Waals surface area contributed by atoms with Crippen LogP contribution in [0.2, 0.25) is 0 Å². The zero-order chi connectivity index (χ0) is 15.6. The van der Waals surface area contributed by atoms with Crippen LogP contribution in [0.1, 0.15) is 16.7 Å². The summed E-state index contributed by atoms with van der Waals surface area (Å²) >= 11 is 1.24. The maximum atomic E-state index is 11.4. The van der Waals surface area contributed by atoms with Crippen LogP contribution in [0.3, 0.4) is 0 Å². The zero-order valence-electron chi connectivity index (χ0n) is 12.4. The van der Waals surface area contributed by atoms with Crippen LogP contribution >= 0.6 is 11.3 Å². The molecule has 2 aromatic rings. The number of hydrogen-bond acceptors (Lipinski definition) is 7. The highest BCUT2D eigenvalue weighted by molar-refractivity contribution is 7.21. The Morgan fingerprint density at radius 2 is 2.24 bits per heavy atom. The van der Waals surface area contributed by atoms with Gasteiger partial charge in [-0.3, -0.25) is 4.79 Å². The Balaban J connectivity index is 2.51. The molecule has 1 amide bonds. The molecule has 0 saturated carbocycles. The van der Waals surface area contributed by atoms with E-state index in [-0.39, 0.29) is 11.1 Å². The third kappa shape index (κ3) is 3.06. The van der Waals surface area contributed by atoms with Crippen LogP contribution < -0.4 is 15.4 Å². The third-order valence-electron chi connectivity index (χ3n) is 3.12. The van der Waals surface area contributed by atoms with Gasteiger partial charge in [0.2, 0.25) is 5.88 Å². The number of nitrogens with zero attached hydrogens (tertiary/aromatic N) is 3. The van der Waals surface area contributed by atoms with Crippen LogP contribution in [0.25, 0.3) is 10.2 Å². The van der Waals surface area contributed by atoms with Gasteiger partial charge in [0.05, 0.1) is 29.8 Å². The Labute approximate surface area is 126 Å². The van der Waals surface area contributed by atoms with Crippen LogP contribution in [0, 0.1) is 0 Å². The Morgan fingerprint density at radius 3 is 2.81 bits per heavy atom. The first-order valence-corrected chi connectivity index (χ1v) is 7.16. The lowest BCUT2D eigenvalue weighted by molar-refractivity contribution is 0.1000. The minimum absolute atomic E-state index is 0.0654. The number of hydrogen-bond donors (Lipinski definition) is 1. The molecule has 114 valence electrons. The molecule has 1 unspecified atom stereocenters. The van der Waals surface area contributed by atoms with Crippen molar-refractivity contribution in [2.75, 3.05) is 32.7 Å². The average molecular weight is 310 g/mol. The third-order valence-corrected chi connectivity index (χ3v) is 4.21. The van der Waals surface area contributed by atoms with Crippen molar-refractivity contribution >= 4 is 33.1 Å². The van der Waals surface area contributed by atoms with E-state index >= 15 is 0 Å². The van der Waals surface area contributed by atoms with E-state index in [1.54, 1.807) is 13.3 Å². The van der Waals surface area contributed by atoms with E-state index in [0.29, 0.717) is 17.9 Å². The topological polar surface area (TPSA) is 90.6 Å². The molecule has 0 aliphatic rings. The number of thiazole rings is 1. The molecule has 0 radical (unpaired) electrons. The summed E-state index contributed by atoms with van der Waals surface area (Å²) in [6, 6.07) is 0. The number of ether oxygens (including phenoxy) is 2. The number of pyridine rings is 1. The molecule has 1 atom stereocenters. The summed E-state index contributed by atoms with van der Waals surface area (Å²) in [6.45, 7) is 2.66. The molecular formula is C13H18N4O3S. The Bertz CT molecular complexity index is 658. The molecule has 2 heterocycles. The molecule has 2 rings (SSSR count). The Kier molecular flexibility index (Phi) is 4.59. The summed E-state index contributed by atoms with van der Waals surface area (Å²) in [6.07, 6.45) is 1.77. The van der Waals surface area contributed by atoms with Crippen LogP contribution in [0.5, 0.6) is 5.88 Å². The number of nitrogens with two attached hydrogens (primary N) is 1. The molecule has 21 heavy (non-hydrogen) atoms. The van der Waals surface area contributed by atoms with Crippen molar-refractivity contribution in [3.05, 3.63) is 11.2 Å². The molecule has 0 aliphatic carbocycles. The lowest BCUT2D eigenvalue weighted by atomic mass is 10.3. The number of fused-ring (bicyclic) bond motifs is 1. The SMILES string of the molecule is COc1ncc(N(C)CC(C)OC)c2sc(C(N)=O)nc12. The van der Waals surface area contributed by atoms with Crippen LogP contribution in [-0.4, -0.2) is 49.8 Å². The molecule has 0 aromatic carbocycles. The number of rotatable bonds is 6. The minimum Gasteiger partial charge on any atom is -0.479 e. The van der Waals surface area contributed by atoms with Gasteiger partial charge >= 0.3 is 0 Å². The van der Waals surface area contributed by atoms with Gasteiger partial charge in [-0.25, -0.2) is 9.97 Å². The van der Waals surface area contributed by atoms with Gasteiger partial charge in [0.15, 0.2) is 5.01 Å². The van der Waals surface area contributed by atoms with E-state index in [0.717, 1.165) is 10.4 Å². The molecular weight excluding hydrogens is 292 g/mol. The maximum Gasteiger partial charge on any atom is 0.277 e. The van der Waals surface area contributed by atoms with E-state index in [4.69, 9.17) is 15.2 Å². The van der Waals surface area contributed by atoms with Crippen molar-refractivity contribution in [1.29, 1.82) is 0 Å². The fourth-order valence-electron chi connectivity index (χ4n) is 1.96. The summed E-state index contributed by atoms with van der Waals surface area (Å²) in [5.41, 5.74) is 6.72. The minimum atomic E-state index is -0.558. The lowest BCUT2D eigenvalue weighted by Crippen LogP contribution is -2.28. The van der Waals surface area contributed by atoms with E-state index in [9.17, 15) is 4.79 Å². The van der Waals surface area contributed by atoms with Gasteiger partial charge < -0.3 is 20.1 Å². The van der Waals surface area contributed by atoms with E-state index in [1.165, 1.54) is 18.4 Å². The fourth-order valence-corrected chi connectivity index (χ4v) is 2.94. The number of amides is 1. The lowest BCUT2D eigenvalue weighted by Gasteiger charge is -2.22. The van der Waals surface area contributed by atoms with Crippen molar-refractivity contribution < 1.29 is 14.3 Å². The molecule has 0 spiro atoms. The predicted molar refractivity (Wildman–Crippen MR) is 82.2 cm³/mol. The second kappa shape index (κ2) is 6.23. The van der Waals surface area contributed by atoms with Gasteiger partial charge in [-0.15, -0.1) is 11.3 Å². The van der Waals surface area contributed by atoms with Gasteiger partial charge in [0.1, 0.15) is 5.52 Å². The first kappa shape index (κ1) is 15.5. The predicted octanol–water partition coefficient (Wildman–Crippen LogP) is 1.27. The van der Waals surface area contributed by atoms with Gasteiger partial charge in [-0.1, -0.05) is 0 Å². The van der Waals surface area contributed by atoms with E-state index in [2.05, 4.69) is 9.97 Å². The molecule has 0 saturated heterocycles.